The number of hydrogen-bond acceptors (Lipinski definition) is 2. The van der Waals surface area contributed by atoms with Crippen LogP contribution in [0.1, 0.15) is 56.2 Å². The van der Waals surface area contributed by atoms with Crippen molar-refractivity contribution in [2.45, 2.75) is 46.1 Å². The molecule has 0 bridgehead atoms. The SMILES string of the molecule is C#C/C(=C\C=C/Cn1c2ccc(NC3=C(c4ccccc4)C(C)CC=C3)cc2c2cc(C(C)CC)ccc21)c1cccc2c1sc1ccccc12. The van der Waals surface area contributed by atoms with Crippen molar-refractivity contribution in [3.05, 3.63) is 162 Å². The second-order valence-electron chi connectivity index (χ2n) is 13.7. The summed E-state index contributed by atoms with van der Waals surface area (Å²) in [4.78, 5) is 0. The van der Waals surface area contributed by atoms with Gasteiger partial charge < -0.3 is 9.88 Å². The van der Waals surface area contributed by atoms with Crippen molar-refractivity contribution >= 4 is 70.1 Å². The molecule has 0 saturated carbocycles. The lowest BCUT2D eigenvalue weighted by molar-refractivity contribution is 0.734. The summed E-state index contributed by atoms with van der Waals surface area (Å²) in [6.45, 7) is 7.64. The van der Waals surface area contributed by atoms with Crippen molar-refractivity contribution in [3.8, 4) is 12.3 Å². The van der Waals surface area contributed by atoms with E-state index in [1.807, 2.05) is 11.3 Å². The Morgan fingerprint density at radius 3 is 2.49 bits per heavy atom. The van der Waals surface area contributed by atoms with Gasteiger partial charge in [0.05, 0.1) is 0 Å². The lowest BCUT2D eigenvalue weighted by Crippen LogP contribution is -2.10. The molecule has 51 heavy (non-hydrogen) atoms. The lowest BCUT2D eigenvalue weighted by atomic mass is 9.86. The van der Waals surface area contributed by atoms with Gasteiger partial charge >= 0.3 is 0 Å². The molecule has 0 aliphatic heterocycles. The molecule has 8 rings (SSSR count). The average molecular weight is 679 g/mol. The summed E-state index contributed by atoms with van der Waals surface area (Å²) in [5.41, 5.74) is 10.8. The highest BCUT2D eigenvalue weighted by Crippen LogP contribution is 2.39. The predicted octanol–water partition coefficient (Wildman–Crippen LogP) is 13.4. The molecule has 1 N–H and O–H groups in total. The smallest absolute Gasteiger partial charge is 0.0495 e. The van der Waals surface area contributed by atoms with Crippen molar-refractivity contribution in [2.24, 2.45) is 5.92 Å². The number of benzene rings is 5. The Morgan fingerprint density at radius 1 is 0.902 bits per heavy atom. The van der Waals surface area contributed by atoms with Crippen LogP contribution in [0.4, 0.5) is 5.69 Å². The first-order valence-electron chi connectivity index (χ1n) is 18.1. The van der Waals surface area contributed by atoms with Crippen LogP contribution in [0.15, 0.2) is 145 Å². The third-order valence-corrected chi connectivity index (χ3v) is 11.7. The fraction of sp³-hybridized carbons (Fsp3) is 0.167. The number of hydrogen-bond donors (Lipinski definition) is 1. The van der Waals surface area contributed by atoms with Gasteiger partial charge in [0.15, 0.2) is 0 Å². The van der Waals surface area contributed by atoms with E-state index < -0.39 is 0 Å². The minimum atomic E-state index is 0.442. The van der Waals surface area contributed by atoms with Gasteiger partial charge in [-0.15, -0.1) is 17.8 Å². The summed E-state index contributed by atoms with van der Waals surface area (Å²) in [5.74, 6) is 3.92. The monoisotopic (exact) mass is 678 g/mol. The van der Waals surface area contributed by atoms with Crippen molar-refractivity contribution in [2.75, 3.05) is 5.32 Å². The van der Waals surface area contributed by atoms with E-state index in [0.717, 1.165) is 36.2 Å². The highest BCUT2D eigenvalue weighted by Gasteiger charge is 2.19. The van der Waals surface area contributed by atoms with Crippen LogP contribution in [-0.2, 0) is 6.54 Å². The molecule has 2 aromatic heterocycles. The standard InChI is InChI=1S/C48H42N2S/c1-5-32(3)36-25-27-44-41(30-36)42-31-37(49-43-23-14-16-33(4)47(43)35-18-8-7-9-19-35)26-28-45(42)50(44)29-13-12-17-34(6-2)38-21-15-22-40-39-20-10-11-24-46(39)51-48(38)40/h2,7-15,17-28,30-33,49H,5,16,29H2,1,3-4H3/b13-12-,34-17+. The number of allylic oxidation sites excluding steroid dienone is 7. The molecule has 2 unspecified atom stereocenters. The summed E-state index contributed by atoms with van der Waals surface area (Å²) in [6.07, 6.45) is 19.3. The van der Waals surface area contributed by atoms with Gasteiger partial charge in [0.25, 0.3) is 0 Å². The molecule has 3 heteroatoms. The summed E-state index contributed by atoms with van der Waals surface area (Å²) >= 11 is 1.81. The zero-order chi connectivity index (χ0) is 34.9. The number of rotatable bonds is 9. The van der Waals surface area contributed by atoms with Crippen molar-refractivity contribution in [1.29, 1.82) is 0 Å². The molecule has 7 aromatic rings. The van der Waals surface area contributed by atoms with Gasteiger partial charge in [0.2, 0.25) is 0 Å². The third-order valence-electron chi connectivity index (χ3n) is 10.5. The highest BCUT2D eigenvalue weighted by atomic mass is 32.1. The molecule has 250 valence electrons. The minimum absolute atomic E-state index is 0.442. The van der Waals surface area contributed by atoms with Crippen molar-refractivity contribution < 1.29 is 0 Å². The van der Waals surface area contributed by atoms with E-state index in [9.17, 15) is 0 Å². The summed E-state index contributed by atoms with van der Waals surface area (Å²) in [5, 5.41) is 8.93. The van der Waals surface area contributed by atoms with Crippen LogP contribution in [0, 0.1) is 18.3 Å². The third kappa shape index (κ3) is 6.11. The van der Waals surface area contributed by atoms with E-state index in [2.05, 4.69) is 176 Å². The van der Waals surface area contributed by atoms with Crippen LogP contribution in [0.25, 0.3) is 53.1 Å². The van der Waals surface area contributed by atoms with E-state index in [4.69, 9.17) is 6.42 Å². The van der Waals surface area contributed by atoms with Crippen LogP contribution in [-0.4, -0.2) is 4.57 Å². The predicted molar refractivity (Wildman–Crippen MR) is 223 cm³/mol. The molecule has 0 amide bonds. The Morgan fingerprint density at radius 2 is 1.67 bits per heavy atom. The number of thiophene rings is 1. The van der Waals surface area contributed by atoms with Gasteiger partial charge in [-0.2, -0.15) is 0 Å². The average Bonchev–Trinajstić information content (AvgIpc) is 3.70. The first kappa shape index (κ1) is 32.6. The van der Waals surface area contributed by atoms with E-state index in [-0.39, 0.29) is 0 Å². The van der Waals surface area contributed by atoms with Gasteiger partial charge in [-0.3, -0.25) is 0 Å². The van der Waals surface area contributed by atoms with Crippen LogP contribution in [0.5, 0.6) is 0 Å². The van der Waals surface area contributed by atoms with E-state index in [1.54, 1.807) is 0 Å². The van der Waals surface area contributed by atoms with Gasteiger partial charge in [-0.25, -0.2) is 0 Å². The lowest BCUT2D eigenvalue weighted by Gasteiger charge is -2.24. The molecule has 1 aliphatic carbocycles. The van der Waals surface area contributed by atoms with Crippen LogP contribution in [0.3, 0.4) is 0 Å². The highest BCUT2D eigenvalue weighted by molar-refractivity contribution is 7.26. The maximum absolute atomic E-state index is 6.13. The van der Waals surface area contributed by atoms with Crippen LogP contribution in [0.2, 0.25) is 0 Å². The quantitative estimate of drug-likeness (QED) is 0.119. The van der Waals surface area contributed by atoms with E-state index >= 15 is 0 Å². The fourth-order valence-electron chi connectivity index (χ4n) is 7.63. The molecule has 5 aromatic carbocycles. The second-order valence-corrected chi connectivity index (χ2v) is 14.8. The van der Waals surface area contributed by atoms with Crippen molar-refractivity contribution in [1.82, 2.24) is 4.57 Å². The van der Waals surface area contributed by atoms with E-state index in [0.29, 0.717) is 11.8 Å². The van der Waals surface area contributed by atoms with Gasteiger partial charge in [0.1, 0.15) is 0 Å². The Kier molecular flexibility index (Phi) is 8.95. The number of terminal acetylenes is 1. The normalized spacial score (nSPS) is 15.8. The first-order valence-corrected chi connectivity index (χ1v) is 18.9. The second kappa shape index (κ2) is 14.0. The zero-order valence-electron chi connectivity index (χ0n) is 29.5. The largest absolute Gasteiger partial charge is 0.355 e. The van der Waals surface area contributed by atoms with E-state index in [1.165, 1.54) is 64.4 Å². The maximum Gasteiger partial charge on any atom is 0.0495 e. The van der Waals surface area contributed by atoms with Crippen LogP contribution >= 0.6 is 11.3 Å². The van der Waals surface area contributed by atoms with Gasteiger partial charge in [0, 0.05) is 71.0 Å². The minimum Gasteiger partial charge on any atom is -0.355 e. The Bertz CT molecular complexity index is 2580. The number of fused-ring (bicyclic) bond motifs is 6. The topological polar surface area (TPSA) is 17.0 Å². The zero-order valence-corrected chi connectivity index (χ0v) is 30.3. The molecule has 1 aliphatic rings. The summed E-state index contributed by atoms with van der Waals surface area (Å²) in [6, 6.07) is 39.7. The Hall–Kier alpha value is -5.56. The molecule has 2 nitrogen and oxygen atoms in total. The van der Waals surface area contributed by atoms with Gasteiger partial charge in [-0.05, 0) is 89.9 Å². The molecule has 0 fully saturated rings. The molecule has 0 saturated heterocycles. The molecule has 0 radical (unpaired) electrons. The number of nitrogens with one attached hydrogen (secondary N) is 1. The number of nitrogens with zero attached hydrogens (tertiary/aromatic N) is 1. The molecular formula is C48H42N2S. The molecule has 0 spiro atoms. The number of aromatic nitrogens is 1. The van der Waals surface area contributed by atoms with Gasteiger partial charge in [-0.1, -0.05) is 118 Å². The summed E-state index contributed by atoms with van der Waals surface area (Å²) in [7, 11) is 0. The van der Waals surface area contributed by atoms with Crippen molar-refractivity contribution in [3.63, 3.8) is 0 Å². The Balaban J connectivity index is 1.16. The molecule has 2 atom stereocenters. The Labute approximate surface area is 305 Å². The fourth-order valence-corrected chi connectivity index (χ4v) is 8.86. The molecule has 2 heterocycles. The number of anilines is 1. The first-order chi connectivity index (χ1) is 25.0. The molecular weight excluding hydrogens is 637 g/mol. The summed E-state index contributed by atoms with van der Waals surface area (Å²) < 4.78 is 4.95. The van der Waals surface area contributed by atoms with Crippen LogP contribution < -0.4 is 5.32 Å². The maximum atomic E-state index is 6.13.